The molecule has 3 rings (SSSR count). The average Bonchev–Trinajstić information content (AvgIpc) is 3.03. The quantitative estimate of drug-likeness (QED) is 0.460. The number of hydrogen-bond donors (Lipinski definition) is 1. The molecular weight excluding hydrogens is 392 g/mol. The number of rotatable bonds is 7. The van der Waals surface area contributed by atoms with Crippen molar-refractivity contribution in [2.45, 2.75) is 64.6 Å². The summed E-state index contributed by atoms with van der Waals surface area (Å²) in [5.74, 6) is 1.61. The molecule has 1 fully saturated rings. The molecular formula is C25H34N2O2S. The lowest BCUT2D eigenvalue weighted by molar-refractivity contribution is 0.360. The largest absolute Gasteiger partial charge is 0.497 e. The standard InChI is InChI=1S/C25H34N2O2S/c1-19-10-12-20(13-11-19)17-27(25(30)26-22-8-6-4-5-7-9-22)18-21-14-15-23(28-2)16-24(21)29-3/h10-16,22H,4-9,17-18H2,1-3H3,(H,26,30). The van der Waals surface area contributed by atoms with Gasteiger partial charge in [0, 0.05) is 30.8 Å². The van der Waals surface area contributed by atoms with Gasteiger partial charge >= 0.3 is 0 Å². The lowest BCUT2D eigenvalue weighted by atomic mass is 10.1. The van der Waals surface area contributed by atoms with Gasteiger partial charge in [0.2, 0.25) is 0 Å². The monoisotopic (exact) mass is 426 g/mol. The second-order valence-corrected chi connectivity index (χ2v) is 8.54. The fraction of sp³-hybridized carbons (Fsp3) is 0.480. The van der Waals surface area contributed by atoms with Crippen LogP contribution < -0.4 is 14.8 Å². The number of methoxy groups -OCH3 is 2. The van der Waals surface area contributed by atoms with Crippen LogP contribution in [0.1, 0.15) is 55.2 Å². The van der Waals surface area contributed by atoms with Gasteiger partial charge in [-0.2, -0.15) is 0 Å². The maximum Gasteiger partial charge on any atom is 0.169 e. The van der Waals surface area contributed by atoms with Crippen molar-refractivity contribution in [1.82, 2.24) is 10.2 Å². The zero-order valence-corrected chi connectivity index (χ0v) is 19.3. The van der Waals surface area contributed by atoms with Crippen LogP contribution in [0.4, 0.5) is 0 Å². The molecule has 0 atom stereocenters. The smallest absolute Gasteiger partial charge is 0.169 e. The SMILES string of the molecule is COc1ccc(CN(Cc2ccc(C)cc2)C(=S)NC2CCCCCC2)c(OC)c1. The summed E-state index contributed by atoms with van der Waals surface area (Å²) < 4.78 is 11.0. The van der Waals surface area contributed by atoms with Gasteiger partial charge < -0.3 is 19.7 Å². The van der Waals surface area contributed by atoms with Gasteiger partial charge in [-0.1, -0.05) is 55.5 Å². The van der Waals surface area contributed by atoms with Crippen molar-refractivity contribution in [3.8, 4) is 11.5 Å². The van der Waals surface area contributed by atoms with Crippen molar-refractivity contribution in [2.75, 3.05) is 14.2 Å². The minimum atomic E-state index is 0.471. The second-order valence-electron chi connectivity index (χ2n) is 8.16. The van der Waals surface area contributed by atoms with Crippen molar-refractivity contribution < 1.29 is 9.47 Å². The third kappa shape index (κ3) is 6.36. The van der Waals surface area contributed by atoms with Gasteiger partial charge in [0.25, 0.3) is 0 Å². The van der Waals surface area contributed by atoms with Crippen LogP contribution in [0.5, 0.6) is 11.5 Å². The molecule has 0 aliphatic heterocycles. The van der Waals surface area contributed by atoms with Crippen LogP contribution in [0, 0.1) is 6.92 Å². The van der Waals surface area contributed by atoms with Crippen molar-refractivity contribution >= 4 is 17.3 Å². The summed E-state index contributed by atoms with van der Waals surface area (Å²) in [6.07, 6.45) is 7.63. The summed E-state index contributed by atoms with van der Waals surface area (Å²) >= 11 is 5.90. The number of benzene rings is 2. The van der Waals surface area contributed by atoms with E-state index in [9.17, 15) is 0 Å². The first-order valence-electron chi connectivity index (χ1n) is 10.9. The van der Waals surface area contributed by atoms with Crippen LogP contribution in [0.25, 0.3) is 0 Å². The molecule has 0 aromatic heterocycles. The number of hydrogen-bond acceptors (Lipinski definition) is 3. The molecule has 1 N–H and O–H groups in total. The van der Waals surface area contributed by atoms with Crippen molar-refractivity contribution in [2.24, 2.45) is 0 Å². The van der Waals surface area contributed by atoms with E-state index in [2.05, 4.69) is 47.5 Å². The van der Waals surface area contributed by atoms with E-state index in [4.69, 9.17) is 21.7 Å². The molecule has 2 aromatic rings. The van der Waals surface area contributed by atoms with Crippen LogP contribution in [-0.4, -0.2) is 30.3 Å². The summed E-state index contributed by atoms with van der Waals surface area (Å²) in [7, 11) is 3.37. The third-order valence-electron chi connectivity index (χ3n) is 5.82. The Hall–Kier alpha value is -2.27. The molecule has 0 spiro atoms. The maximum atomic E-state index is 5.90. The minimum Gasteiger partial charge on any atom is -0.497 e. The molecule has 0 amide bonds. The molecule has 1 saturated carbocycles. The molecule has 1 aliphatic carbocycles. The average molecular weight is 427 g/mol. The highest BCUT2D eigenvalue weighted by Crippen LogP contribution is 2.27. The van der Waals surface area contributed by atoms with Crippen molar-refractivity contribution in [3.63, 3.8) is 0 Å². The number of nitrogens with zero attached hydrogens (tertiary/aromatic N) is 1. The molecule has 162 valence electrons. The highest BCUT2D eigenvalue weighted by atomic mass is 32.1. The summed E-state index contributed by atoms with van der Waals surface area (Å²) in [6.45, 7) is 3.55. The van der Waals surface area contributed by atoms with Crippen molar-refractivity contribution in [3.05, 3.63) is 59.2 Å². The predicted molar refractivity (Wildman–Crippen MR) is 127 cm³/mol. The van der Waals surface area contributed by atoms with E-state index in [0.29, 0.717) is 12.6 Å². The first kappa shape index (κ1) is 22.4. The molecule has 2 aromatic carbocycles. The van der Waals surface area contributed by atoms with E-state index in [0.717, 1.165) is 28.7 Å². The Labute approximate surface area is 186 Å². The Kier molecular flexibility index (Phi) is 8.38. The Balaban J connectivity index is 1.79. The topological polar surface area (TPSA) is 33.7 Å². The molecule has 0 saturated heterocycles. The molecule has 0 bridgehead atoms. The molecule has 0 radical (unpaired) electrons. The molecule has 0 heterocycles. The van der Waals surface area contributed by atoms with Crippen LogP contribution in [-0.2, 0) is 13.1 Å². The van der Waals surface area contributed by atoms with Gasteiger partial charge in [0.05, 0.1) is 14.2 Å². The Morgan fingerprint density at radius 3 is 2.30 bits per heavy atom. The van der Waals surface area contributed by atoms with Gasteiger partial charge in [-0.25, -0.2) is 0 Å². The van der Waals surface area contributed by atoms with E-state index >= 15 is 0 Å². The van der Waals surface area contributed by atoms with E-state index in [1.807, 2.05) is 12.1 Å². The molecule has 4 nitrogen and oxygen atoms in total. The number of ether oxygens (including phenoxy) is 2. The summed E-state index contributed by atoms with van der Waals surface area (Å²) in [5, 5.41) is 4.48. The van der Waals surface area contributed by atoms with Gasteiger partial charge in [0.15, 0.2) is 5.11 Å². The fourth-order valence-electron chi connectivity index (χ4n) is 3.99. The first-order valence-corrected chi connectivity index (χ1v) is 11.3. The summed E-state index contributed by atoms with van der Waals surface area (Å²) in [5.41, 5.74) is 3.61. The first-order chi connectivity index (χ1) is 14.6. The number of aryl methyl sites for hydroxylation is 1. The zero-order valence-electron chi connectivity index (χ0n) is 18.4. The van der Waals surface area contributed by atoms with E-state index in [1.54, 1.807) is 14.2 Å². The number of thiocarbonyl (C=S) groups is 1. The van der Waals surface area contributed by atoms with Gasteiger partial charge in [-0.15, -0.1) is 0 Å². The highest BCUT2D eigenvalue weighted by molar-refractivity contribution is 7.80. The summed E-state index contributed by atoms with van der Waals surface area (Å²) in [4.78, 5) is 2.25. The third-order valence-corrected chi connectivity index (χ3v) is 6.20. The fourth-order valence-corrected chi connectivity index (χ4v) is 4.29. The van der Waals surface area contributed by atoms with E-state index in [1.165, 1.54) is 49.7 Å². The number of nitrogens with one attached hydrogen (secondary N) is 1. The highest BCUT2D eigenvalue weighted by Gasteiger charge is 2.19. The molecule has 0 unspecified atom stereocenters. The van der Waals surface area contributed by atoms with E-state index in [-0.39, 0.29) is 0 Å². The maximum absolute atomic E-state index is 5.90. The Morgan fingerprint density at radius 1 is 0.967 bits per heavy atom. The van der Waals surface area contributed by atoms with Crippen molar-refractivity contribution in [1.29, 1.82) is 0 Å². The lowest BCUT2D eigenvalue weighted by Gasteiger charge is -2.30. The van der Waals surface area contributed by atoms with Gasteiger partial charge in [-0.3, -0.25) is 0 Å². The molecule has 30 heavy (non-hydrogen) atoms. The Morgan fingerprint density at radius 2 is 1.67 bits per heavy atom. The normalized spacial score (nSPS) is 14.6. The van der Waals surface area contributed by atoms with E-state index < -0.39 is 0 Å². The zero-order chi connectivity index (χ0) is 21.3. The minimum absolute atomic E-state index is 0.471. The molecule has 1 aliphatic rings. The van der Waals surface area contributed by atoms with Crippen LogP contribution >= 0.6 is 12.2 Å². The van der Waals surface area contributed by atoms with Crippen LogP contribution in [0.2, 0.25) is 0 Å². The van der Waals surface area contributed by atoms with Crippen LogP contribution in [0.15, 0.2) is 42.5 Å². The van der Waals surface area contributed by atoms with Gasteiger partial charge in [-0.05, 0) is 49.7 Å². The second kappa shape index (κ2) is 11.2. The lowest BCUT2D eigenvalue weighted by Crippen LogP contribution is -2.44. The summed E-state index contributed by atoms with van der Waals surface area (Å²) in [6, 6.07) is 15.1. The van der Waals surface area contributed by atoms with Crippen LogP contribution in [0.3, 0.4) is 0 Å². The molecule has 5 heteroatoms. The van der Waals surface area contributed by atoms with Gasteiger partial charge in [0.1, 0.15) is 11.5 Å². The predicted octanol–water partition coefficient (Wildman–Crippen LogP) is 5.61. The Bertz CT molecular complexity index is 814.